The molecule has 1 saturated carbocycles. The van der Waals surface area contributed by atoms with Crippen LogP contribution < -0.4 is 5.73 Å². The van der Waals surface area contributed by atoms with E-state index in [0.29, 0.717) is 11.6 Å². The third-order valence-corrected chi connectivity index (χ3v) is 5.39. The molecule has 1 aromatic heterocycles. The summed E-state index contributed by atoms with van der Waals surface area (Å²) in [7, 11) is 0. The number of nitrogen functional groups attached to an aromatic ring is 1. The second-order valence-corrected chi connectivity index (χ2v) is 6.91. The summed E-state index contributed by atoms with van der Waals surface area (Å²) in [4.78, 5) is 4.49. The first kappa shape index (κ1) is 14.4. The summed E-state index contributed by atoms with van der Waals surface area (Å²) < 4.78 is 5.37. The van der Waals surface area contributed by atoms with Crippen molar-refractivity contribution in [2.45, 2.75) is 50.0 Å². The van der Waals surface area contributed by atoms with E-state index in [9.17, 15) is 0 Å². The normalized spacial score (nSPS) is 16.2. The van der Waals surface area contributed by atoms with Crippen molar-refractivity contribution in [2.75, 3.05) is 5.73 Å². The smallest absolute Gasteiger partial charge is 0.260 e. The molecule has 1 aliphatic rings. The van der Waals surface area contributed by atoms with Gasteiger partial charge < -0.3 is 10.3 Å². The van der Waals surface area contributed by atoms with Crippen LogP contribution in [0.4, 0.5) is 5.69 Å². The molecule has 0 saturated heterocycles. The monoisotopic (exact) mass is 303 g/mol. The maximum atomic E-state index is 6.08. The maximum absolute atomic E-state index is 6.08. The van der Waals surface area contributed by atoms with E-state index in [1.54, 1.807) is 0 Å². The molecule has 1 aliphatic carbocycles. The standard InChI is InChI=1S/C16H21N3OS/c1-11-6-5-9-13(15(11)17)16-18-14(19-20-16)10-21-12-7-3-2-4-8-12/h5-6,9,12H,2-4,7-8,10,17H2,1H3. The topological polar surface area (TPSA) is 64.9 Å². The summed E-state index contributed by atoms with van der Waals surface area (Å²) in [6.45, 7) is 1.98. The van der Waals surface area contributed by atoms with Gasteiger partial charge in [-0.15, -0.1) is 0 Å². The minimum atomic E-state index is 0.524. The van der Waals surface area contributed by atoms with Gasteiger partial charge in [0.15, 0.2) is 5.82 Å². The van der Waals surface area contributed by atoms with E-state index in [0.717, 1.165) is 28.0 Å². The zero-order valence-electron chi connectivity index (χ0n) is 12.3. The molecule has 0 unspecified atom stereocenters. The second-order valence-electron chi connectivity index (χ2n) is 5.62. The number of nitrogens with zero attached hydrogens (tertiary/aromatic N) is 2. The van der Waals surface area contributed by atoms with Crippen LogP contribution in [-0.4, -0.2) is 15.4 Å². The van der Waals surface area contributed by atoms with Crippen molar-refractivity contribution in [3.05, 3.63) is 29.6 Å². The molecule has 0 spiro atoms. The number of benzene rings is 1. The second kappa shape index (κ2) is 6.52. The van der Waals surface area contributed by atoms with Crippen LogP contribution in [0.15, 0.2) is 22.7 Å². The SMILES string of the molecule is Cc1cccc(-c2nc(CSC3CCCCC3)no2)c1N. The maximum Gasteiger partial charge on any atom is 0.260 e. The highest BCUT2D eigenvalue weighted by atomic mass is 32.2. The summed E-state index contributed by atoms with van der Waals surface area (Å²) in [5, 5.41) is 4.84. The molecule has 4 nitrogen and oxygen atoms in total. The lowest BCUT2D eigenvalue weighted by molar-refractivity contribution is 0.425. The molecule has 2 N–H and O–H groups in total. The van der Waals surface area contributed by atoms with Gasteiger partial charge in [-0.05, 0) is 31.4 Å². The quantitative estimate of drug-likeness (QED) is 0.858. The Bertz CT molecular complexity index is 605. The van der Waals surface area contributed by atoms with Gasteiger partial charge in [0.1, 0.15) is 0 Å². The van der Waals surface area contributed by atoms with Gasteiger partial charge in [-0.2, -0.15) is 16.7 Å². The van der Waals surface area contributed by atoms with Crippen LogP contribution >= 0.6 is 11.8 Å². The van der Waals surface area contributed by atoms with Gasteiger partial charge in [0.05, 0.1) is 11.3 Å². The average molecular weight is 303 g/mol. The minimum Gasteiger partial charge on any atom is -0.398 e. The van der Waals surface area contributed by atoms with Gasteiger partial charge >= 0.3 is 0 Å². The van der Waals surface area contributed by atoms with Gasteiger partial charge in [-0.3, -0.25) is 0 Å². The summed E-state index contributed by atoms with van der Waals surface area (Å²) >= 11 is 1.95. The Hall–Kier alpha value is -1.49. The largest absolute Gasteiger partial charge is 0.398 e. The number of thioether (sulfide) groups is 1. The van der Waals surface area contributed by atoms with Crippen LogP contribution in [0.5, 0.6) is 0 Å². The lowest BCUT2D eigenvalue weighted by Crippen LogP contribution is -2.08. The third kappa shape index (κ3) is 3.40. The van der Waals surface area contributed by atoms with Crippen molar-refractivity contribution < 1.29 is 4.52 Å². The number of para-hydroxylation sites is 1. The highest BCUT2D eigenvalue weighted by Gasteiger charge is 2.17. The van der Waals surface area contributed by atoms with Crippen LogP contribution in [0.25, 0.3) is 11.5 Å². The Morgan fingerprint density at radius 3 is 2.90 bits per heavy atom. The number of anilines is 1. The van der Waals surface area contributed by atoms with Crippen LogP contribution in [0.2, 0.25) is 0 Å². The first-order valence-corrected chi connectivity index (χ1v) is 8.58. The molecule has 21 heavy (non-hydrogen) atoms. The fourth-order valence-corrected chi connectivity index (χ4v) is 3.88. The van der Waals surface area contributed by atoms with Crippen LogP contribution in [-0.2, 0) is 5.75 Å². The highest BCUT2D eigenvalue weighted by Crippen LogP contribution is 2.31. The number of nitrogens with two attached hydrogens (primary N) is 1. The number of aromatic nitrogens is 2. The van der Waals surface area contributed by atoms with Crippen LogP contribution in [0, 0.1) is 6.92 Å². The number of hydrogen-bond donors (Lipinski definition) is 1. The van der Waals surface area contributed by atoms with Crippen molar-refractivity contribution in [2.24, 2.45) is 0 Å². The summed E-state index contributed by atoms with van der Waals surface area (Å²) in [6, 6.07) is 5.87. The van der Waals surface area contributed by atoms with Crippen molar-refractivity contribution in [1.82, 2.24) is 10.1 Å². The molecule has 1 fully saturated rings. The summed E-state index contributed by atoms with van der Waals surface area (Å²) in [5.41, 5.74) is 8.66. The molecular formula is C16H21N3OS. The number of aryl methyl sites for hydroxylation is 1. The molecular weight excluding hydrogens is 282 g/mol. The molecule has 0 radical (unpaired) electrons. The highest BCUT2D eigenvalue weighted by molar-refractivity contribution is 7.99. The molecule has 0 amide bonds. The molecule has 1 aromatic carbocycles. The van der Waals surface area contributed by atoms with E-state index in [1.807, 2.05) is 36.9 Å². The van der Waals surface area contributed by atoms with E-state index in [-0.39, 0.29) is 0 Å². The minimum absolute atomic E-state index is 0.524. The number of hydrogen-bond acceptors (Lipinski definition) is 5. The van der Waals surface area contributed by atoms with E-state index in [4.69, 9.17) is 10.3 Å². The molecule has 0 aliphatic heterocycles. The van der Waals surface area contributed by atoms with Crippen LogP contribution in [0.3, 0.4) is 0 Å². The van der Waals surface area contributed by atoms with Crippen molar-refractivity contribution in [3.8, 4) is 11.5 Å². The predicted octanol–water partition coefficient (Wildman–Crippen LogP) is 4.19. The van der Waals surface area contributed by atoms with E-state index in [2.05, 4.69) is 10.1 Å². The van der Waals surface area contributed by atoms with E-state index in [1.165, 1.54) is 32.1 Å². The average Bonchev–Trinajstić information content (AvgIpc) is 2.98. The predicted molar refractivity (Wildman–Crippen MR) is 87.1 cm³/mol. The van der Waals surface area contributed by atoms with Gasteiger partial charge in [-0.1, -0.05) is 36.6 Å². The molecule has 5 heteroatoms. The molecule has 1 heterocycles. The van der Waals surface area contributed by atoms with Crippen molar-refractivity contribution in [3.63, 3.8) is 0 Å². The van der Waals surface area contributed by atoms with Crippen LogP contribution in [0.1, 0.15) is 43.5 Å². The summed E-state index contributed by atoms with van der Waals surface area (Å²) in [5.74, 6) is 2.11. The fourth-order valence-electron chi connectivity index (χ4n) is 2.71. The lowest BCUT2D eigenvalue weighted by atomic mass is 10.0. The zero-order chi connectivity index (χ0) is 14.7. The molecule has 2 aromatic rings. The van der Waals surface area contributed by atoms with Gasteiger partial charge in [-0.25, -0.2) is 0 Å². The zero-order valence-corrected chi connectivity index (χ0v) is 13.2. The van der Waals surface area contributed by atoms with Gasteiger partial charge in [0.2, 0.25) is 0 Å². The van der Waals surface area contributed by atoms with Crippen molar-refractivity contribution in [1.29, 1.82) is 0 Å². The Labute approximate surface area is 129 Å². The first-order chi connectivity index (χ1) is 10.2. The van der Waals surface area contributed by atoms with Gasteiger partial charge in [0, 0.05) is 10.9 Å². The Kier molecular flexibility index (Phi) is 4.48. The Morgan fingerprint density at radius 2 is 2.10 bits per heavy atom. The van der Waals surface area contributed by atoms with E-state index < -0.39 is 0 Å². The molecule has 3 rings (SSSR count). The molecule has 0 bridgehead atoms. The first-order valence-electron chi connectivity index (χ1n) is 7.53. The van der Waals surface area contributed by atoms with Gasteiger partial charge in [0.25, 0.3) is 5.89 Å². The molecule has 0 atom stereocenters. The number of rotatable bonds is 4. The van der Waals surface area contributed by atoms with E-state index >= 15 is 0 Å². The van der Waals surface area contributed by atoms with Crippen molar-refractivity contribution >= 4 is 17.4 Å². The molecule has 112 valence electrons. The lowest BCUT2D eigenvalue weighted by Gasteiger charge is -2.19. The Morgan fingerprint density at radius 1 is 1.29 bits per heavy atom. The summed E-state index contributed by atoms with van der Waals surface area (Å²) in [6.07, 6.45) is 6.74. The third-order valence-electron chi connectivity index (χ3n) is 4.02. The Balaban J connectivity index is 1.67. The fraction of sp³-hybridized carbons (Fsp3) is 0.500.